The third kappa shape index (κ3) is 2.78. The zero-order valence-electron chi connectivity index (χ0n) is 12.1. The van der Waals surface area contributed by atoms with E-state index >= 15 is 0 Å². The second-order valence-corrected chi connectivity index (χ2v) is 5.56. The van der Waals surface area contributed by atoms with Gasteiger partial charge >= 0.3 is 0 Å². The molecule has 0 saturated heterocycles. The zero-order valence-corrected chi connectivity index (χ0v) is 12.1. The minimum Gasteiger partial charge on any atom is -0.382 e. The maximum Gasteiger partial charge on any atom is 0.153 e. The molecule has 0 atom stereocenters. The van der Waals surface area contributed by atoms with Gasteiger partial charge in [-0.3, -0.25) is 5.10 Å². The molecule has 1 aromatic heterocycles. The normalized spacial score (nSPS) is 21.2. The van der Waals surface area contributed by atoms with Gasteiger partial charge in [-0.15, -0.1) is 0 Å². The van der Waals surface area contributed by atoms with Crippen LogP contribution in [0.25, 0.3) is 11.1 Å². The largest absolute Gasteiger partial charge is 0.382 e. The van der Waals surface area contributed by atoms with Crippen molar-refractivity contribution < 1.29 is 9.13 Å². The van der Waals surface area contributed by atoms with Gasteiger partial charge in [0.25, 0.3) is 0 Å². The van der Waals surface area contributed by atoms with Gasteiger partial charge < -0.3 is 10.5 Å². The lowest BCUT2D eigenvalue weighted by Gasteiger charge is -2.34. The minimum absolute atomic E-state index is 0.271. The lowest BCUT2D eigenvalue weighted by atomic mass is 9.78. The van der Waals surface area contributed by atoms with E-state index in [9.17, 15) is 4.39 Å². The fourth-order valence-electron chi connectivity index (χ4n) is 3.01. The van der Waals surface area contributed by atoms with Crippen LogP contribution >= 0.6 is 0 Å². The predicted molar refractivity (Wildman–Crippen MR) is 80.2 cm³/mol. The second kappa shape index (κ2) is 5.85. The van der Waals surface area contributed by atoms with Gasteiger partial charge in [-0.1, -0.05) is 18.2 Å². The Morgan fingerprint density at radius 2 is 2.14 bits per heavy atom. The molecule has 2 aromatic rings. The molecule has 0 bridgehead atoms. The van der Waals surface area contributed by atoms with E-state index in [0.29, 0.717) is 29.0 Å². The first-order chi connectivity index (χ1) is 10.2. The number of hydrogen-bond donors (Lipinski definition) is 2. The van der Waals surface area contributed by atoms with Crippen LogP contribution in [0.1, 0.15) is 25.5 Å². The van der Waals surface area contributed by atoms with Gasteiger partial charge in [0, 0.05) is 23.4 Å². The van der Waals surface area contributed by atoms with Crippen LogP contribution in [-0.2, 0) is 11.2 Å². The summed E-state index contributed by atoms with van der Waals surface area (Å²) in [7, 11) is 0. The third-order valence-corrected chi connectivity index (χ3v) is 4.10. The Morgan fingerprint density at radius 3 is 2.86 bits per heavy atom. The van der Waals surface area contributed by atoms with E-state index in [1.807, 2.05) is 13.0 Å². The standard InChI is InChI=1S/C16H20FN3O/c1-2-21-11-7-10(8-11)9-14-15(16(18)20-19-14)12-5-3-4-6-13(12)17/h3-6,10-11H,2,7-9H2,1H3,(H3,18,19,20). The topological polar surface area (TPSA) is 63.9 Å². The summed E-state index contributed by atoms with van der Waals surface area (Å²) in [6.07, 6.45) is 3.29. The molecule has 1 aromatic carbocycles. The number of hydrogen-bond acceptors (Lipinski definition) is 3. The number of halogens is 1. The van der Waals surface area contributed by atoms with Gasteiger partial charge in [0.1, 0.15) is 5.82 Å². The van der Waals surface area contributed by atoms with Crippen molar-refractivity contribution in [2.75, 3.05) is 12.3 Å². The van der Waals surface area contributed by atoms with Crippen LogP contribution in [-0.4, -0.2) is 22.9 Å². The molecule has 5 heteroatoms. The Kier molecular flexibility index (Phi) is 3.92. The summed E-state index contributed by atoms with van der Waals surface area (Å²) in [5.74, 6) is 0.635. The lowest BCUT2D eigenvalue weighted by Crippen LogP contribution is -2.32. The van der Waals surface area contributed by atoms with E-state index in [4.69, 9.17) is 10.5 Å². The van der Waals surface area contributed by atoms with E-state index in [1.165, 1.54) is 6.07 Å². The van der Waals surface area contributed by atoms with Crippen molar-refractivity contribution in [3.05, 3.63) is 35.8 Å². The number of aromatic amines is 1. The van der Waals surface area contributed by atoms with E-state index in [2.05, 4.69) is 10.2 Å². The molecule has 0 amide bonds. The summed E-state index contributed by atoms with van der Waals surface area (Å²) in [6.45, 7) is 2.77. The number of rotatable bonds is 5. The van der Waals surface area contributed by atoms with E-state index in [0.717, 1.165) is 31.6 Å². The van der Waals surface area contributed by atoms with Crippen molar-refractivity contribution in [1.29, 1.82) is 0 Å². The van der Waals surface area contributed by atoms with Crippen molar-refractivity contribution in [1.82, 2.24) is 10.2 Å². The Balaban J connectivity index is 1.78. The molecule has 0 radical (unpaired) electrons. The fourth-order valence-corrected chi connectivity index (χ4v) is 3.01. The van der Waals surface area contributed by atoms with Gasteiger partial charge in [0.05, 0.1) is 6.10 Å². The molecule has 1 saturated carbocycles. The molecular weight excluding hydrogens is 269 g/mol. The van der Waals surface area contributed by atoms with Gasteiger partial charge in [-0.2, -0.15) is 5.10 Å². The summed E-state index contributed by atoms with van der Waals surface area (Å²) in [5.41, 5.74) is 8.05. The summed E-state index contributed by atoms with van der Waals surface area (Å²) < 4.78 is 19.6. The maximum absolute atomic E-state index is 14.0. The SMILES string of the molecule is CCOC1CC(Cc2[nH]nc(N)c2-c2ccccc2F)C1. The predicted octanol–water partition coefficient (Wildman–Crippen LogP) is 3.16. The molecule has 1 fully saturated rings. The molecule has 21 heavy (non-hydrogen) atoms. The number of anilines is 1. The maximum atomic E-state index is 14.0. The molecule has 4 nitrogen and oxygen atoms in total. The Hall–Kier alpha value is -1.88. The number of H-pyrrole nitrogens is 1. The van der Waals surface area contributed by atoms with Gasteiger partial charge in [0.15, 0.2) is 5.82 Å². The molecule has 0 unspecified atom stereocenters. The number of ether oxygens (including phenoxy) is 1. The van der Waals surface area contributed by atoms with Crippen molar-refractivity contribution >= 4 is 5.82 Å². The molecule has 3 N–H and O–H groups in total. The van der Waals surface area contributed by atoms with Crippen LogP contribution in [0.2, 0.25) is 0 Å². The average Bonchev–Trinajstić information content (AvgIpc) is 2.78. The monoisotopic (exact) mass is 289 g/mol. The minimum atomic E-state index is -0.271. The van der Waals surface area contributed by atoms with E-state index < -0.39 is 0 Å². The first-order valence-corrected chi connectivity index (χ1v) is 7.38. The van der Waals surface area contributed by atoms with Crippen LogP contribution in [0.4, 0.5) is 10.2 Å². The molecule has 112 valence electrons. The molecular formula is C16H20FN3O. The highest BCUT2D eigenvalue weighted by atomic mass is 19.1. The number of benzene rings is 1. The van der Waals surface area contributed by atoms with E-state index in [1.54, 1.807) is 12.1 Å². The number of nitrogen functional groups attached to an aromatic ring is 1. The fraction of sp³-hybridized carbons (Fsp3) is 0.438. The zero-order chi connectivity index (χ0) is 14.8. The van der Waals surface area contributed by atoms with Crippen LogP contribution < -0.4 is 5.73 Å². The highest BCUT2D eigenvalue weighted by Gasteiger charge is 2.31. The van der Waals surface area contributed by atoms with E-state index in [-0.39, 0.29) is 5.82 Å². The molecule has 0 aliphatic heterocycles. The number of nitrogens with two attached hydrogens (primary N) is 1. The smallest absolute Gasteiger partial charge is 0.153 e. The Morgan fingerprint density at radius 1 is 1.38 bits per heavy atom. The van der Waals surface area contributed by atoms with Gasteiger partial charge in [-0.05, 0) is 38.2 Å². The summed E-state index contributed by atoms with van der Waals surface area (Å²) in [4.78, 5) is 0. The van der Waals surface area contributed by atoms with Crippen molar-refractivity contribution in [3.8, 4) is 11.1 Å². The van der Waals surface area contributed by atoms with Crippen molar-refractivity contribution in [2.24, 2.45) is 5.92 Å². The van der Waals surface area contributed by atoms with Crippen molar-refractivity contribution in [2.45, 2.75) is 32.3 Å². The van der Waals surface area contributed by atoms with Gasteiger partial charge in [-0.25, -0.2) is 4.39 Å². The summed E-state index contributed by atoms with van der Waals surface area (Å²) in [5, 5.41) is 7.02. The van der Waals surface area contributed by atoms with Crippen molar-refractivity contribution in [3.63, 3.8) is 0 Å². The average molecular weight is 289 g/mol. The summed E-state index contributed by atoms with van der Waals surface area (Å²) in [6, 6.07) is 6.67. The Labute approximate surface area is 123 Å². The molecule has 1 aliphatic rings. The number of nitrogens with one attached hydrogen (secondary N) is 1. The van der Waals surface area contributed by atoms with Gasteiger partial charge in [0.2, 0.25) is 0 Å². The third-order valence-electron chi connectivity index (χ3n) is 4.10. The molecule has 0 spiro atoms. The lowest BCUT2D eigenvalue weighted by molar-refractivity contribution is -0.0242. The number of nitrogens with zero attached hydrogens (tertiary/aromatic N) is 1. The molecule has 3 rings (SSSR count). The summed E-state index contributed by atoms with van der Waals surface area (Å²) >= 11 is 0. The van der Waals surface area contributed by atoms with Crippen LogP contribution in [0, 0.1) is 11.7 Å². The molecule has 1 heterocycles. The van der Waals surface area contributed by atoms with Crippen LogP contribution in [0.15, 0.2) is 24.3 Å². The highest BCUT2D eigenvalue weighted by Crippen LogP contribution is 2.37. The quantitative estimate of drug-likeness (QED) is 0.888. The number of aromatic nitrogens is 2. The van der Waals surface area contributed by atoms with Crippen LogP contribution in [0.5, 0.6) is 0 Å². The molecule has 1 aliphatic carbocycles. The highest BCUT2D eigenvalue weighted by molar-refractivity contribution is 5.76. The van der Waals surface area contributed by atoms with Crippen LogP contribution in [0.3, 0.4) is 0 Å². The first-order valence-electron chi connectivity index (χ1n) is 7.38. The first kappa shape index (κ1) is 14.1. The Bertz CT molecular complexity index is 620. The second-order valence-electron chi connectivity index (χ2n) is 5.56.